The molecule has 1 rings (SSSR count). The van der Waals surface area contributed by atoms with Crippen LogP contribution in [0.15, 0.2) is 17.5 Å². The lowest BCUT2D eigenvalue weighted by molar-refractivity contribution is -0.124. The summed E-state index contributed by atoms with van der Waals surface area (Å²) in [6, 6.07) is 0. The van der Waals surface area contributed by atoms with E-state index in [1.165, 1.54) is 28.4 Å². The second-order valence-electron chi connectivity index (χ2n) is 3.35. The van der Waals surface area contributed by atoms with Crippen LogP contribution < -0.4 is 5.32 Å². The van der Waals surface area contributed by atoms with Gasteiger partial charge >= 0.3 is 0 Å². The normalized spacial score (nSPS) is 10.4. The van der Waals surface area contributed by atoms with Crippen LogP contribution >= 0.6 is 11.3 Å². The van der Waals surface area contributed by atoms with Crippen molar-refractivity contribution in [1.29, 1.82) is 0 Å². The Morgan fingerprint density at radius 1 is 1.44 bits per heavy atom. The number of hydrogen-bond acceptors (Lipinski definition) is 4. The van der Waals surface area contributed by atoms with E-state index in [-0.39, 0.29) is 11.8 Å². The number of aromatic nitrogens is 1. The molecule has 0 radical (unpaired) electrons. The molecule has 5 nitrogen and oxygen atoms in total. The van der Waals surface area contributed by atoms with Crippen molar-refractivity contribution in [2.45, 2.75) is 6.92 Å². The van der Waals surface area contributed by atoms with Crippen molar-refractivity contribution in [3.05, 3.63) is 23.2 Å². The van der Waals surface area contributed by atoms with E-state index in [0.29, 0.717) is 5.13 Å². The van der Waals surface area contributed by atoms with Gasteiger partial charge in [0.15, 0.2) is 5.13 Å². The number of thiazole rings is 1. The van der Waals surface area contributed by atoms with Gasteiger partial charge in [-0.1, -0.05) is 0 Å². The van der Waals surface area contributed by atoms with Crippen LogP contribution in [0.5, 0.6) is 0 Å². The number of nitrogens with one attached hydrogen (secondary N) is 1. The van der Waals surface area contributed by atoms with Gasteiger partial charge < -0.3 is 4.90 Å². The molecule has 0 aliphatic rings. The maximum absolute atomic E-state index is 11.3. The fourth-order valence-corrected chi connectivity index (χ4v) is 1.55. The number of likely N-dealkylation sites (N-methyl/N-ethyl adjacent to an activating group) is 1. The maximum atomic E-state index is 11.3. The summed E-state index contributed by atoms with van der Waals surface area (Å²) in [5, 5.41) is 4.94. The van der Waals surface area contributed by atoms with E-state index in [4.69, 9.17) is 0 Å². The summed E-state index contributed by atoms with van der Waals surface area (Å²) in [5.41, 5.74) is 0.855. The Kier molecular flexibility index (Phi) is 4.19. The second-order valence-corrected chi connectivity index (χ2v) is 4.21. The van der Waals surface area contributed by atoms with Gasteiger partial charge in [-0.2, -0.15) is 0 Å². The van der Waals surface area contributed by atoms with Crippen molar-refractivity contribution in [1.82, 2.24) is 9.88 Å². The minimum absolute atomic E-state index is 0.231. The highest BCUT2D eigenvalue weighted by Crippen LogP contribution is 2.13. The molecule has 0 saturated carbocycles. The van der Waals surface area contributed by atoms with Crippen molar-refractivity contribution in [3.8, 4) is 0 Å². The number of hydrogen-bond donors (Lipinski definition) is 1. The van der Waals surface area contributed by atoms with Gasteiger partial charge in [0.1, 0.15) is 0 Å². The number of carbonyl (C=O) groups excluding carboxylic acids is 2. The molecule has 0 aromatic carbocycles. The lowest BCUT2D eigenvalue weighted by Crippen LogP contribution is -2.19. The standard InChI is InChI=1S/C10H13N3O2S/c1-7-6-16-10(11-7)12-8(14)4-5-9(15)13(2)3/h4-6H,1-3H3,(H,11,12,14)/b5-4+. The SMILES string of the molecule is Cc1csc(NC(=O)/C=C/C(=O)N(C)C)n1. The van der Waals surface area contributed by atoms with Crippen molar-refractivity contribution in [2.75, 3.05) is 19.4 Å². The summed E-state index contributed by atoms with van der Waals surface area (Å²) < 4.78 is 0. The molecule has 86 valence electrons. The largest absolute Gasteiger partial charge is 0.345 e. The topological polar surface area (TPSA) is 62.3 Å². The third-order valence-electron chi connectivity index (χ3n) is 1.67. The summed E-state index contributed by atoms with van der Waals surface area (Å²) >= 11 is 1.35. The first-order chi connectivity index (χ1) is 7.49. The van der Waals surface area contributed by atoms with Gasteiger partial charge in [-0.3, -0.25) is 14.9 Å². The van der Waals surface area contributed by atoms with E-state index in [2.05, 4.69) is 10.3 Å². The van der Waals surface area contributed by atoms with Crippen molar-refractivity contribution >= 4 is 28.3 Å². The van der Waals surface area contributed by atoms with Gasteiger partial charge in [-0.25, -0.2) is 4.98 Å². The average molecular weight is 239 g/mol. The molecule has 0 atom stereocenters. The molecule has 2 amide bonds. The van der Waals surface area contributed by atoms with Crippen LogP contribution in [0.2, 0.25) is 0 Å². The van der Waals surface area contributed by atoms with E-state index in [1.54, 1.807) is 14.1 Å². The highest BCUT2D eigenvalue weighted by molar-refractivity contribution is 7.13. The zero-order valence-electron chi connectivity index (χ0n) is 9.35. The summed E-state index contributed by atoms with van der Waals surface area (Å²) in [6.07, 6.45) is 2.41. The van der Waals surface area contributed by atoms with Crippen LogP contribution in [-0.4, -0.2) is 35.8 Å². The number of nitrogens with zero attached hydrogens (tertiary/aromatic N) is 2. The number of amides is 2. The van der Waals surface area contributed by atoms with E-state index in [9.17, 15) is 9.59 Å². The van der Waals surface area contributed by atoms with Gasteiger partial charge in [0.25, 0.3) is 0 Å². The Balaban J connectivity index is 2.51. The molecule has 1 heterocycles. The van der Waals surface area contributed by atoms with Crippen LogP contribution in [0.3, 0.4) is 0 Å². The molecule has 1 aromatic rings. The molecule has 0 saturated heterocycles. The molecule has 0 aliphatic carbocycles. The third-order valence-corrected chi connectivity index (χ3v) is 2.54. The van der Waals surface area contributed by atoms with Crippen LogP contribution in [-0.2, 0) is 9.59 Å². The Labute approximate surface area is 97.8 Å². The fourth-order valence-electron chi connectivity index (χ4n) is 0.854. The van der Waals surface area contributed by atoms with Crippen LogP contribution in [0, 0.1) is 6.92 Å². The van der Waals surface area contributed by atoms with Gasteiger partial charge in [0, 0.05) is 31.6 Å². The van der Waals surface area contributed by atoms with Crippen molar-refractivity contribution < 1.29 is 9.59 Å². The fraction of sp³-hybridized carbons (Fsp3) is 0.300. The predicted octanol–water partition coefficient (Wildman–Crippen LogP) is 1.03. The molecule has 0 bridgehead atoms. The lowest BCUT2D eigenvalue weighted by Gasteiger charge is -2.04. The summed E-state index contributed by atoms with van der Waals surface area (Å²) in [6.45, 7) is 1.84. The molecule has 0 spiro atoms. The number of aryl methyl sites for hydroxylation is 1. The smallest absolute Gasteiger partial charge is 0.250 e. The summed E-state index contributed by atoms with van der Waals surface area (Å²) in [5.74, 6) is -0.588. The first-order valence-corrected chi connectivity index (χ1v) is 5.49. The highest BCUT2D eigenvalue weighted by Gasteiger charge is 2.03. The molecule has 0 fully saturated rings. The van der Waals surface area contributed by atoms with Crippen molar-refractivity contribution in [2.24, 2.45) is 0 Å². The molecule has 0 unspecified atom stereocenters. The first-order valence-electron chi connectivity index (χ1n) is 4.61. The monoisotopic (exact) mass is 239 g/mol. The number of anilines is 1. The number of carbonyl (C=O) groups is 2. The van der Waals surface area contributed by atoms with Gasteiger partial charge in [0.2, 0.25) is 11.8 Å². The molecule has 0 aliphatic heterocycles. The average Bonchev–Trinajstić information content (AvgIpc) is 2.60. The predicted molar refractivity (Wildman–Crippen MR) is 63.3 cm³/mol. The number of rotatable bonds is 3. The Morgan fingerprint density at radius 3 is 2.62 bits per heavy atom. The van der Waals surface area contributed by atoms with Crippen molar-refractivity contribution in [3.63, 3.8) is 0 Å². The molecule has 6 heteroatoms. The van der Waals surface area contributed by atoms with Crippen LogP contribution in [0.4, 0.5) is 5.13 Å². The van der Waals surface area contributed by atoms with E-state index in [0.717, 1.165) is 5.69 Å². The lowest BCUT2D eigenvalue weighted by atomic mass is 10.4. The van der Waals surface area contributed by atoms with E-state index < -0.39 is 0 Å². The van der Waals surface area contributed by atoms with Crippen LogP contribution in [0.25, 0.3) is 0 Å². The van der Waals surface area contributed by atoms with E-state index >= 15 is 0 Å². The molecule has 1 aromatic heterocycles. The molecule has 16 heavy (non-hydrogen) atoms. The summed E-state index contributed by atoms with van der Waals surface area (Å²) in [7, 11) is 3.24. The quantitative estimate of drug-likeness (QED) is 0.801. The molecular formula is C10H13N3O2S. The minimum atomic E-state index is -0.357. The summed E-state index contributed by atoms with van der Waals surface area (Å²) in [4.78, 5) is 28.0. The Bertz CT molecular complexity index is 423. The zero-order chi connectivity index (χ0) is 12.1. The first kappa shape index (κ1) is 12.4. The highest BCUT2D eigenvalue weighted by atomic mass is 32.1. The zero-order valence-corrected chi connectivity index (χ0v) is 10.2. The third kappa shape index (κ3) is 3.82. The van der Waals surface area contributed by atoms with E-state index in [1.807, 2.05) is 12.3 Å². The second kappa shape index (κ2) is 5.41. The van der Waals surface area contributed by atoms with Gasteiger partial charge in [-0.15, -0.1) is 11.3 Å². The van der Waals surface area contributed by atoms with Gasteiger partial charge in [0.05, 0.1) is 5.69 Å². The minimum Gasteiger partial charge on any atom is -0.345 e. The molecule has 1 N–H and O–H groups in total. The Morgan fingerprint density at radius 2 is 2.12 bits per heavy atom. The maximum Gasteiger partial charge on any atom is 0.250 e. The van der Waals surface area contributed by atoms with Gasteiger partial charge in [-0.05, 0) is 6.92 Å². The Hall–Kier alpha value is -1.69. The molecular weight excluding hydrogens is 226 g/mol. The van der Waals surface area contributed by atoms with Crippen LogP contribution in [0.1, 0.15) is 5.69 Å².